The first-order valence-electron chi connectivity index (χ1n) is 5.70. The van der Waals surface area contributed by atoms with Gasteiger partial charge in [0.15, 0.2) is 0 Å². The summed E-state index contributed by atoms with van der Waals surface area (Å²) in [6.07, 6.45) is 0. The van der Waals surface area contributed by atoms with E-state index in [0.29, 0.717) is 12.4 Å². The Hall–Kier alpha value is -1.97. The van der Waals surface area contributed by atoms with Gasteiger partial charge in [-0.15, -0.1) is 0 Å². The average molecular weight is 231 g/mol. The minimum atomic E-state index is 0.445. The number of aryl methyl sites for hydroxylation is 2. The second-order valence-corrected chi connectivity index (χ2v) is 3.98. The molecule has 17 heavy (non-hydrogen) atoms. The summed E-state index contributed by atoms with van der Waals surface area (Å²) >= 11 is 0. The van der Waals surface area contributed by atoms with Crippen LogP contribution in [0.1, 0.15) is 18.2 Å². The van der Waals surface area contributed by atoms with E-state index in [2.05, 4.69) is 5.10 Å². The van der Waals surface area contributed by atoms with Crippen LogP contribution in [0, 0.1) is 6.92 Å². The normalized spacial score (nSPS) is 10.5. The van der Waals surface area contributed by atoms with Gasteiger partial charge in [0.2, 0.25) is 0 Å². The van der Waals surface area contributed by atoms with Gasteiger partial charge in [0, 0.05) is 12.6 Å². The molecule has 0 amide bonds. The lowest BCUT2D eigenvalue weighted by Crippen LogP contribution is -2.02. The molecule has 1 aromatic carbocycles. The van der Waals surface area contributed by atoms with Gasteiger partial charge < -0.3 is 10.5 Å². The number of ether oxygens (including phenoxy) is 1. The van der Waals surface area contributed by atoms with Gasteiger partial charge in [-0.05, 0) is 31.5 Å². The van der Waals surface area contributed by atoms with E-state index in [0.717, 1.165) is 18.0 Å². The topological polar surface area (TPSA) is 53.1 Å². The van der Waals surface area contributed by atoms with Gasteiger partial charge in [-0.25, -0.2) is 0 Å². The second kappa shape index (κ2) is 4.91. The minimum Gasteiger partial charge on any atom is -0.487 e. The minimum absolute atomic E-state index is 0.445. The van der Waals surface area contributed by atoms with Crippen LogP contribution in [0.3, 0.4) is 0 Å². The van der Waals surface area contributed by atoms with Crippen LogP contribution in [-0.4, -0.2) is 9.78 Å². The monoisotopic (exact) mass is 231 g/mol. The van der Waals surface area contributed by atoms with E-state index in [1.165, 1.54) is 5.56 Å². The first kappa shape index (κ1) is 11.5. The molecule has 0 aliphatic heterocycles. The predicted octanol–water partition coefficient (Wildman–Crippen LogP) is 2.37. The van der Waals surface area contributed by atoms with E-state index in [9.17, 15) is 0 Å². The third-order valence-electron chi connectivity index (χ3n) is 2.54. The average Bonchev–Trinajstić information content (AvgIpc) is 2.67. The molecule has 0 unspecified atom stereocenters. The first-order chi connectivity index (χ1) is 8.19. The van der Waals surface area contributed by atoms with Crippen molar-refractivity contribution in [2.75, 3.05) is 5.73 Å². The highest BCUT2D eigenvalue weighted by atomic mass is 16.5. The molecule has 0 atom stereocenters. The maximum Gasteiger partial charge on any atom is 0.132 e. The zero-order chi connectivity index (χ0) is 12.3. The van der Waals surface area contributed by atoms with Crippen molar-refractivity contribution >= 4 is 5.82 Å². The van der Waals surface area contributed by atoms with Crippen LogP contribution in [0.15, 0.2) is 30.3 Å². The van der Waals surface area contributed by atoms with Crippen molar-refractivity contribution in [2.45, 2.75) is 27.0 Å². The summed E-state index contributed by atoms with van der Waals surface area (Å²) in [4.78, 5) is 0. The molecule has 0 bridgehead atoms. The lowest BCUT2D eigenvalue weighted by molar-refractivity contribution is 0.299. The Morgan fingerprint density at radius 1 is 1.35 bits per heavy atom. The number of nitrogen functional groups attached to an aromatic ring is 1. The maximum atomic E-state index is 5.79. The SMILES string of the molecule is CCn1nc(COc2cccc(C)c2)cc1N. The van der Waals surface area contributed by atoms with Crippen molar-refractivity contribution in [1.29, 1.82) is 0 Å². The molecule has 2 rings (SSSR count). The number of nitrogens with two attached hydrogens (primary N) is 1. The fraction of sp³-hybridized carbons (Fsp3) is 0.308. The Morgan fingerprint density at radius 3 is 2.82 bits per heavy atom. The number of aromatic nitrogens is 2. The van der Waals surface area contributed by atoms with E-state index < -0.39 is 0 Å². The van der Waals surface area contributed by atoms with Crippen LogP contribution in [0.5, 0.6) is 5.75 Å². The van der Waals surface area contributed by atoms with Crippen LogP contribution in [0.25, 0.3) is 0 Å². The molecule has 0 aliphatic carbocycles. The summed E-state index contributed by atoms with van der Waals surface area (Å²) in [7, 11) is 0. The molecule has 1 heterocycles. The van der Waals surface area contributed by atoms with E-state index in [1.54, 1.807) is 4.68 Å². The summed E-state index contributed by atoms with van der Waals surface area (Å²) in [5.74, 6) is 1.53. The molecule has 0 saturated heterocycles. The van der Waals surface area contributed by atoms with Gasteiger partial charge in [0.05, 0.1) is 0 Å². The van der Waals surface area contributed by atoms with Crippen LogP contribution < -0.4 is 10.5 Å². The highest BCUT2D eigenvalue weighted by Gasteiger charge is 2.04. The third-order valence-corrected chi connectivity index (χ3v) is 2.54. The van der Waals surface area contributed by atoms with E-state index in [4.69, 9.17) is 10.5 Å². The van der Waals surface area contributed by atoms with Gasteiger partial charge in [-0.2, -0.15) is 5.10 Å². The molecular formula is C13H17N3O. The van der Waals surface area contributed by atoms with Crippen LogP contribution >= 0.6 is 0 Å². The summed E-state index contributed by atoms with van der Waals surface area (Å²) in [5.41, 5.74) is 7.82. The van der Waals surface area contributed by atoms with Crippen molar-refractivity contribution in [3.8, 4) is 5.75 Å². The smallest absolute Gasteiger partial charge is 0.132 e. The molecule has 0 fully saturated rings. The van der Waals surface area contributed by atoms with Gasteiger partial charge in [-0.1, -0.05) is 12.1 Å². The Morgan fingerprint density at radius 2 is 2.18 bits per heavy atom. The number of benzene rings is 1. The van der Waals surface area contributed by atoms with Crippen LogP contribution in [0.2, 0.25) is 0 Å². The lowest BCUT2D eigenvalue weighted by atomic mass is 10.2. The molecule has 2 N–H and O–H groups in total. The fourth-order valence-electron chi connectivity index (χ4n) is 1.67. The van der Waals surface area contributed by atoms with Gasteiger partial charge in [0.25, 0.3) is 0 Å². The number of rotatable bonds is 4. The Bertz CT molecular complexity index is 505. The molecule has 4 nitrogen and oxygen atoms in total. The van der Waals surface area contributed by atoms with Gasteiger partial charge in [-0.3, -0.25) is 4.68 Å². The molecule has 0 spiro atoms. The van der Waals surface area contributed by atoms with Crippen molar-refractivity contribution in [2.24, 2.45) is 0 Å². The van der Waals surface area contributed by atoms with Crippen molar-refractivity contribution in [1.82, 2.24) is 9.78 Å². The third kappa shape index (κ3) is 2.78. The van der Waals surface area contributed by atoms with E-state index in [-0.39, 0.29) is 0 Å². The molecule has 4 heteroatoms. The van der Waals surface area contributed by atoms with E-state index >= 15 is 0 Å². The highest BCUT2D eigenvalue weighted by Crippen LogP contribution is 2.15. The molecule has 0 radical (unpaired) electrons. The van der Waals surface area contributed by atoms with Crippen molar-refractivity contribution in [3.63, 3.8) is 0 Å². The molecule has 90 valence electrons. The fourth-order valence-corrected chi connectivity index (χ4v) is 1.67. The van der Waals surface area contributed by atoms with Crippen LogP contribution in [0.4, 0.5) is 5.82 Å². The highest BCUT2D eigenvalue weighted by molar-refractivity contribution is 5.31. The zero-order valence-electron chi connectivity index (χ0n) is 10.2. The van der Waals surface area contributed by atoms with Crippen molar-refractivity contribution < 1.29 is 4.74 Å². The predicted molar refractivity (Wildman–Crippen MR) is 67.8 cm³/mol. The zero-order valence-corrected chi connectivity index (χ0v) is 10.2. The summed E-state index contributed by atoms with van der Waals surface area (Å²) in [5, 5.41) is 4.33. The van der Waals surface area contributed by atoms with Gasteiger partial charge >= 0.3 is 0 Å². The van der Waals surface area contributed by atoms with Crippen LogP contribution in [-0.2, 0) is 13.2 Å². The Labute approximate surface area is 101 Å². The molecule has 0 aliphatic rings. The van der Waals surface area contributed by atoms with Crippen molar-refractivity contribution in [3.05, 3.63) is 41.6 Å². The summed E-state index contributed by atoms with van der Waals surface area (Å²) in [6.45, 7) is 5.27. The first-order valence-corrected chi connectivity index (χ1v) is 5.70. The molecule has 0 saturated carbocycles. The summed E-state index contributed by atoms with van der Waals surface area (Å²) < 4.78 is 7.41. The number of hydrogen-bond acceptors (Lipinski definition) is 3. The maximum absolute atomic E-state index is 5.79. The molecular weight excluding hydrogens is 214 g/mol. The second-order valence-electron chi connectivity index (χ2n) is 3.98. The van der Waals surface area contributed by atoms with E-state index in [1.807, 2.05) is 44.2 Å². The number of anilines is 1. The standard InChI is InChI=1S/C13H17N3O/c1-3-16-13(14)8-11(15-16)9-17-12-6-4-5-10(2)7-12/h4-8H,3,9,14H2,1-2H3. The molecule has 2 aromatic rings. The quantitative estimate of drug-likeness (QED) is 0.878. The Kier molecular flexibility index (Phi) is 3.32. The van der Waals surface area contributed by atoms with Gasteiger partial charge in [0.1, 0.15) is 23.9 Å². The number of hydrogen-bond donors (Lipinski definition) is 1. The summed E-state index contributed by atoms with van der Waals surface area (Å²) in [6, 6.07) is 9.80. The largest absolute Gasteiger partial charge is 0.487 e. The lowest BCUT2D eigenvalue weighted by Gasteiger charge is -2.04. The number of nitrogens with zero attached hydrogens (tertiary/aromatic N) is 2. The molecule has 1 aromatic heterocycles. The Balaban J connectivity index is 2.02.